The molecule has 0 aromatic heterocycles. The topological polar surface area (TPSA) is 50.7 Å². The number of aliphatic hydroxyl groups excluding tert-OH is 1. The molecule has 14 heavy (non-hydrogen) atoms. The van der Waals surface area contributed by atoms with Crippen molar-refractivity contribution in [3.05, 3.63) is 0 Å². The van der Waals surface area contributed by atoms with Gasteiger partial charge in [0.15, 0.2) is 6.29 Å². The summed E-state index contributed by atoms with van der Waals surface area (Å²) in [5.41, 5.74) is 0. The second kappa shape index (κ2) is 5.07. The normalized spacial score (nSPS) is 39.0. The summed E-state index contributed by atoms with van der Waals surface area (Å²) in [5, 5.41) is 12.8. The Hall–Kier alpha value is -0.160. The van der Waals surface area contributed by atoms with E-state index in [4.69, 9.17) is 9.47 Å². The highest BCUT2D eigenvalue weighted by atomic mass is 16.7. The first kappa shape index (κ1) is 11.9. The van der Waals surface area contributed by atoms with Crippen molar-refractivity contribution in [1.82, 2.24) is 5.32 Å². The zero-order valence-electron chi connectivity index (χ0n) is 9.36. The van der Waals surface area contributed by atoms with Gasteiger partial charge in [-0.1, -0.05) is 0 Å². The monoisotopic (exact) mass is 203 g/mol. The van der Waals surface area contributed by atoms with E-state index in [0.29, 0.717) is 6.42 Å². The maximum absolute atomic E-state index is 9.80. The molecule has 0 aromatic rings. The summed E-state index contributed by atoms with van der Waals surface area (Å²) in [5.74, 6) is 0. The maximum atomic E-state index is 9.80. The van der Waals surface area contributed by atoms with Crippen molar-refractivity contribution in [3.63, 3.8) is 0 Å². The molecule has 0 spiro atoms. The van der Waals surface area contributed by atoms with Crippen LogP contribution in [0.2, 0.25) is 0 Å². The molecule has 4 atom stereocenters. The van der Waals surface area contributed by atoms with Crippen molar-refractivity contribution < 1.29 is 14.6 Å². The fraction of sp³-hybridized carbons (Fsp3) is 1.00. The number of ether oxygens (including phenoxy) is 2. The maximum Gasteiger partial charge on any atom is 0.160 e. The van der Waals surface area contributed by atoms with Crippen LogP contribution in [0.25, 0.3) is 0 Å². The summed E-state index contributed by atoms with van der Waals surface area (Å²) in [4.78, 5) is 0. The van der Waals surface area contributed by atoms with Crippen molar-refractivity contribution in [2.45, 2.75) is 57.8 Å². The van der Waals surface area contributed by atoms with Gasteiger partial charge in [0.1, 0.15) is 0 Å². The van der Waals surface area contributed by atoms with Crippen LogP contribution in [0.15, 0.2) is 0 Å². The van der Waals surface area contributed by atoms with Crippen LogP contribution in [0.1, 0.15) is 27.2 Å². The van der Waals surface area contributed by atoms with E-state index < -0.39 is 6.10 Å². The summed E-state index contributed by atoms with van der Waals surface area (Å²) < 4.78 is 11.1. The highest BCUT2D eigenvalue weighted by Crippen LogP contribution is 2.21. The molecule has 1 fully saturated rings. The largest absolute Gasteiger partial charge is 0.391 e. The SMILES string of the molecule is CN[C@H]1[C@@H](O)C[C@@H](OC(C)C)O[C@@H]1C. The first-order valence-electron chi connectivity index (χ1n) is 5.20. The Kier molecular flexibility index (Phi) is 4.31. The quantitative estimate of drug-likeness (QED) is 0.701. The van der Waals surface area contributed by atoms with Gasteiger partial charge in [0.2, 0.25) is 0 Å². The second-order valence-electron chi connectivity index (χ2n) is 4.07. The van der Waals surface area contributed by atoms with E-state index in [2.05, 4.69) is 5.32 Å². The number of likely N-dealkylation sites (N-methyl/N-ethyl adjacent to an activating group) is 1. The fourth-order valence-electron chi connectivity index (χ4n) is 1.85. The van der Waals surface area contributed by atoms with Crippen molar-refractivity contribution in [2.24, 2.45) is 0 Å². The average Bonchev–Trinajstić information content (AvgIpc) is 2.01. The third-order valence-electron chi connectivity index (χ3n) is 2.48. The van der Waals surface area contributed by atoms with Gasteiger partial charge in [0.25, 0.3) is 0 Å². The molecule has 1 saturated heterocycles. The molecule has 0 radical (unpaired) electrons. The molecule has 0 saturated carbocycles. The van der Waals surface area contributed by atoms with Crippen LogP contribution in [-0.2, 0) is 9.47 Å². The van der Waals surface area contributed by atoms with Crippen LogP contribution < -0.4 is 5.32 Å². The summed E-state index contributed by atoms with van der Waals surface area (Å²) in [6, 6.07) is 0.00186. The molecule has 0 bridgehead atoms. The van der Waals surface area contributed by atoms with Crippen LogP contribution in [0.5, 0.6) is 0 Å². The average molecular weight is 203 g/mol. The van der Waals surface area contributed by atoms with E-state index in [1.54, 1.807) is 0 Å². The van der Waals surface area contributed by atoms with Crippen LogP contribution in [-0.4, -0.2) is 42.8 Å². The molecule has 0 aliphatic carbocycles. The molecular formula is C10H21NO3. The van der Waals surface area contributed by atoms with Gasteiger partial charge in [-0.3, -0.25) is 0 Å². The van der Waals surface area contributed by atoms with Gasteiger partial charge >= 0.3 is 0 Å². The van der Waals surface area contributed by atoms with E-state index in [1.807, 2.05) is 27.8 Å². The van der Waals surface area contributed by atoms with Gasteiger partial charge < -0.3 is 19.9 Å². The Balaban J connectivity index is 2.47. The molecule has 4 heteroatoms. The highest BCUT2D eigenvalue weighted by molar-refractivity contribution is 4.85. The van der Waals surface area contributed by atoms with E-state index in [0.717, 1.165) is 0 Å². The zero-order chi connectivity index (χ0) is 10.7. The minimum absolute atomic E-state index is 0.00186. The Morgan fingerprint density at radius 3 is 2.57 bits per heavy atom. The van der Waals surface area contributed by atoms with Gasteiger partial charge in [-0.05, 0) is 27.8 Å². The Morgan fingerprint density at radius 2 is 2.14 bits per heavy atom. The molecule has 1 heterocycles. The van der Waals surface area contributed by atoms with Gasteiger partial charge in [0, 0.05) is 6.42 Å². The smallest absolute Gasteiger partial charge is 0.160 e. The molecule has 0 unspecified atom stereocenters. The van der Waals surface area contributed by atoms with E-state index in [1.165, 1.54) is 0 Å². The van der Waals surface area contributed by atoms with Crippen LogP contribution in [0.4, 0.5) is 0 Å². The van der Waals surface area contributed by atoms with E-state index in [9.17, 15) is 5.11 Å². The predicted molar refractivity (Wildman–Crippen MR) is 54.0 cm³/mol. The summed E-state index contributed by atoms with van der Waals surface area (Å²) in [6.45, 7) is 5.87. The van der Waals surface area contributed by atoms with Gasteiger partial charge in [-0.15, -0.1) is 0 Å². The van der Waals surface area contributed by atoms with Crippen molar-refractivity contribution in [1.29, 1.82) is 0 Å². The molecule has 0 amide bonds. The summed E-state index contributed by atoms with van der Waals surface area (Å²) >= 11 is 0. The summed E-state index contributed by atoms with van der Waals surface area (Å²) in [7, 11) is 1.83. The third-order valence-corrected chi connectivity index (χ3v) is 2.48. The zero-order valence-corrected chi connectivity index (χ0v) is 9.36. The molecule has 1 aliphatic heterocycles. The minimum atomic E-state index is -0.396. The highest BCUT2D eigenvalue weighted by Gasteiger charge is 2.35. The standard InChI is InChI=1S/C10H21NO3/c1-6(2)13-9-5-8(12)10(11-4)7(3)14-9/h6-12H,5H2,1-4H3/t7-,8+,9+,10-/m1/s1. The van der Waals surface area contributed by atoms with Crippen LogP contribution in [0, 0.1) is 0 Å². The molecule has 84 valence electrons. The van der Waals surface area contributed by atoms with E-state index in [-0.39, 0.29) is 24.5 Å². The minimum Gasteiger partial charge on any atom is -0.391 e. The van der Waals surface area contributed by atoms with Crippen LogP contribution in [0.3, 0.4) is 0 Å². The third kappa shape index (κ3) is 2.92. The van der Waals surface area contributed by atoms with Crippen molar-refractivity contribution >= 4 is 0 Å². The lowest BCUT2D eigenvalue weighted by Crippen LogP contribution is -2.54. The molecule has 0 aromatic carbocycles. The van der Waals surface area contributed by atoms with Gasteiger partial charge in [-0.25, -0.2) is 0 Å². The number of hydrogen-bond donors (Lipinski definition) is 2. The Bertz CT molecular complexity index is 163. The van der Waals surface area contributed by atoms with Gasteiger partial charge in [-0.2, -0.15) is 0 Å². The number of nitrogens with one attached hydrogen (secondary N) is 1. The van der Waals surface area contributed by atoms with Crippen LogP contribution >= 0.6 is 0 Å². The van der Waals surface area contributed by atoms with E-state index >= 15 is 0 Å². The lowest BCUT2D eigenvalue weighted by molar-refractivity contribution is -0.232. The number of rotatable bonds is 3. The molecular weight excluding hydrogens is 182 g/mol. The number of aliphatic hydroxyl groups is 1. The predicted octanol–water partition coefficient (Wildman–Crippen LogP) is 0.495. The van der Waals surface area contributed by atoms with Crippen molar-refractivity contribution in [2.75, 3.05) is 7.05 Å². The Labute approximate surface area is 85.6 Å². The number of hydrogen-bond acceptors (Lipinski definition) is 4. The Morgan fingerprint density at radius 1 is 1.50 bits per heavy atom. The van der Waals surface area contributed by atoms with Gasteiger partial charge in [0.05, 0.1) is 24.4 Å². The lowest BCUT2D eigenvalue weighted by Gasteiger charge is -2.38. The fourth-order valence-corrected chi connectivity index (χ4v) is 1.85. The molecule has 2 N–H and O–H groups in total. The second-order valence-corrected chi connectivity index (χ2v) is 4.07. The first-order valence-corrected chi connectivity index (χ1v) is 5.20. The lowest BCUT2D eigenvalue weighted by atomic mass is 10.00. The molecule has 1 rings (SSSR count). The first-order chi connectivity index (χ1) is 6.54. The molecule has 4 nitrogen and oxygen atoms in total. The van der Waals surface area contributed by atoms with Crippen molar-refractivity contribution in [3.8, 4) is 0 Å². The summed E-state index contributed by atoms with van der Waals surface area (Å²) in [6.07, 6.45) is -0.0243. The molecule has 1 aliphatic rings.